The molecule has 29 heavy (non-hydrogen) atoms. The van der Waals surface area contributed by atoms with Crippen LogP contribution in [0.25, 0.3) is 0 Å². The van der Waals surface area contributed by atoms with Gasteiger partial charge in [-0.15, -0.1) is 0 Å². The van der Waals surface area contributed by atoms with Crippen LogP contribution in [0.5, 0.6) is 5.75 Å². The molecule has 0 aliphatic carbocycles. The lowest BCUT2D eigenvalue weighted by molar-refractivity contribution is 0.391. The second kappa shape index (κ2) is 9.29. The fourth-order valence-electron chi connectivity index (χ4n) is 3.55. The van der Waals surface area contributed by atoms with Crippen molar-refractivity contribution in [2.24, 2.45) is 4.99 Å². The number of rotatable bonds is 7. The number of benzene rings is 1. The lowest BCUT2D eigenvalue weighted by Crippen LogP contribution is -2.47. The highest BCUT2D eigenvalue weighted by Crippen LogP contribution is 2.26. The van der Waals surface area contributed by atoms with E-state index in [2.05, 4.69) is 60.5 Å². The fourth-order valence-corrected chi connectivity index (χ4v) is 3.55. The molecule has 3 rings (SSSR count). The van der Waals surface area contributed by atoms with E-state index in [1.807, 2.05) is 16.8 Å². The van der Waals surface area contributed by atoms with Gasteiger partial charge in [0.05, 0.1) is 20.2 Å². The minimum Gasteiger partial charge on any atom is -0.497 e. The second-order valence-corrected chi connectivity index (χ2v) is 8.17. The molecule has 0 bridgehead atoms. The summed E-state index contributed by atoms with van der Waals surface area (Å²) in [6, 6.07) is 8.53. The van der Waals surface area contributed by atoms with E-state index in [4.69, 9.17) is 9.73 Å². The van der Waals surface area contributed by atoms with Crippen LogP contribution in [0.15, 0.2) is 29.3 Å². The van der Waals surface area contributed by atoms with E-state index in [1.54, 1.807) is 7.11 Å². The van der Waals surface area contributed by atoms with E-state index < -0.39 is 0 Å². The molecule has 7 nitrogen and oxygen atoms in total. The lowest BCUT2D eigenvalue weighted by Gasteiger charge is -2.27. The first kappa shape index (κ1) is 21.1. The average Bonchev–Trinajstić information content (AvgIpc) is 3.15. The molecule has 1 aromatic carbocycles. The predicted molar refractivity (Wildman–Crippen MR) is 117 cm³/mol. The molecule has 2 aromatic rings. The van der Waals surface area contributed by atoms with Crippen molar-refractivity contribution in [1.29, 1.82) is 0 Å². The number of nitrogens with zero attached hydrogens (tertiary/aromatic N) is 4. The molecule has 0 saturated heterocycles. The van der Waals surface area contributed by atoms with Gasteiger partial charge in [0.1, 0.15) is 11.6 Å². The molecule has 0 radical (unpaired) electrons. The molecular weight excluding hydrogens is 364 g/mol. The Morgan fingerprint density at radius 3 is 2.90 bits per heavy atom. The Hall–Kier alpha value is -2.57. The Bertz CT molecular complexity index is 842. The van der Waals surface area contributed by atoms with Crippen molar-refractivity contribution in [3.05, 3.63) is 41.5 Å². The zero-order valence-electron chi connectivity index (χ0n) is 18.3. The van der Waals surface area contributed by atoms with E-state index in [9.17, 15) is 0 Å². The quantitative estimate of drug-likeness (QED) is 0.554. The molecule has 0 amide bonds. The van der Waals surface area contributed by atoms with Gasteiger partial charge in [-0.3, -0.25) is 4.99 Å². The maximum Gasteiger partial charge on any atom is 0.191 e. The molecule has 1 atom stereocenters. The maximum absolute atomic E-state index is 5.38. The normalized spacial score (nSPS) is 17.0. The van der Waals surface area contributed by atoms with Gasteiger partial charge in [-0.05, 0) is 31.0 Å². The summed E-state index contributed by atoms with van der Waals surface area (Å²) in [5, 5.41) is 11.6. The Kier molecular flexibility index (Phi) is 6.77. The SMILES string of the molecule is CCNC(=NCC(C)(C)c1cccc(OC)c1)NC1CCc2nc(CC)nn2C1. The zero-order valence-corrected chi connectivity index (χ0v) is 18.3. The Morgan fingerprint density at radius 2 is 2.17 bits per heavy atom. The van der Waals surface area contributed by atoms with Gasteiger partial charge >= 0.3 is 0 Å². The summed E-state index contributed by atoms with van der Waals surface area (Å²) in [7, 11) is 1.70. The van der Waals surface area contributed by atoms with Crippen molar-refractivity contribution in [2.75, 3.05) is 20.2 Å². The molecule has 0 spiro atoms. The van der Waals surface area contributed by atoms with Crippen LogP contribution < -0.4 is 15.4 Å². The number of methoxy groups -OCH3 is 1. The summed E-state index contributed by atoms with van der Waals surface area (Å²) in [5.74, 6) is 3.76. The van der Waals surface area contributed by atoms with Gasteiger partial charge in [-0.1, -0.05) is 32.9 Å². The number of ether oxygens (including phenoxy) is 1. The molecular formula is C22H34N6O. The number of aliphatic imine (C=N–C) groups is 1. The topological polar surface area (TPSA) is 76.4 Å². The number of aromatic nitrogens is 3. The monoisotopic (exact) mass is 398 g/mol. The molecule has 0 fully saturated rings. The molecule has 1 aromatic heterocycles. The summed E-state index contributed by atoms with van der Waals surface area (Å²) in [5.41, 5.74) is 1.12. The zero-order chi connectivity index (χ0) is 20.9. The van der Waals surface area contributed by atoms with Crippen LogP contribution in [0.4, 0.5) is 0 Å². The number of hydrogen-bond acceptors (Lipinski definition) is 4. The van der Waals surface area contributed by atoms with E-state index in [0.29, 0.717) is 12.6 Å². The van der Waals surface area contributed by atoms with Crippen LogP contribution in [0.1, 0.15) is 51.3 Å². The van der Waals surface area contributed by atoms with Crippen molar-refractivity contribution in [3.63, 3.8) is 0 Å². The molecule has 0 saturated carbocycles. The lowest BCUT2D eigenvalue weighted by atomic mass is 9.84. The van der Waals surface area contributed by atoms with Crippen LogP contribution in [-0.2, 0) is 24.8 Å². The number of fused-ring (bicyclic) bond motifs is 1. The van der Waals surface area contributed by atoms with Gasteiger partial charge < -0.3 is 15.4 Å². The molecule has 158 valence electrons. The first-order valence-electron chi connectivity index (χ1n) is 10.6. The standard InChI is InChI=1S/C22H34N6O/c1-6-19-26-20-12-11-17(14-28(20)27-19)25-21(23-7-2)24-15-22(3,4)16-9-8-10-18(13-16)29-5/h8-10,13,17H,6-7,11-12,14-15H2,1-5H3,(H2,23,24,25). The van der Waals surface area contributed by atoms with Crippen LogP contribution in [0.3, 0.4) is 0 Å². The number of nitrogens with one attached hydrogen (secondary N) is 2. The summed E-state index contributed by atoms with van der Waals surface area (Å²) < 4.78 is 7.42. The first-order chi connectivity index (χ1) is 13.9. The third-order valence-corrected chi connectivity index (χ3v) is 5.39. The Labute approximate surface area is 174 Å². The molecule has 2 N–H and O–H groups in total. The van der Waals surface area contributed by atoms with E-state index in [0.717, 1.165) is 55.7 Å². The van der Waals surface area contributed by atoms with Crippen molar-refractivity contribution < 1.29 is 4.74 Å². The van der Waals surface area contributed by atoms with Crippen LogP contribution >= 0.6 is 0 Å². The number of aryl methyl sites for hydroxylation is 2. The van der Waals surface area contributed by atoms with Crippen LogP contribution in [0, 0.1) is 0 Å². The maximum atomic E-state index is 5.38. The molecule has 7 heteroatoms. The largest absolute Gasteiger partial charge is 0.497 e. The fraction of sp³-hybridized carbons (Fsp3) is 0.591. The third kappa shape index (κ3) is 5.28. The Balaban J connectivity index is 1.68. The molecule has 2 heterocycles. The minimum atomic E-state index is -0.0987. The predicted octanol–water partition coefficient (Wildman–Crippen LogP) is 2.70. The van der Waals surface area contributed by atoms with Crippen molar-refractivity contribution >= 4 is 5.96 Å². The van der Waals surface area contributed by atoms with Crippen molar-refractivity contribution in [3.8, 4) is 5.75 Å². The number of hydrogen-bond donors (Lipinski definition) is 2. The summed E-state index contributed by atoms with van der Waals surface area (Å²) >= 11 is 0. The minimum absolute atomic E-state index is 0.0987. The second-order valence-electron chi connectivity index (χ2n) is 8.17. The van der Waals surface area contributed by atoms with Crippen LogP contribution in [-0.4, -0.2) is 47.0 Å². The van der Waals surface area contributed by atoms with Gasteiger partial charge in [-0.25, -0.2) is 9.67 Å². The third-order valence-electron chi connectivity index (χ3n) is 5.39. The van der Waals surface area contributed by atoms with Crippen LogP contribution in [0.2, 0.25) is 0 Å². The molecule has 1 aliphatic heterocycles. The van der Waals surface area contributed by atoms with Gasteiger partial charge in [0.15, 0.2) is 11.8 Å². The summed E-state index contributed by atoms with van der Waals surface area (Å²) in [6.45, 7) is 10.9. The van der Waals surface area contributed by atoms with E-state index >= 15 is 0 Å². The highest BCUT2D eigenvalue weighted by Gasteiger charge is 2.24. The average molecular weight is 399 g/mol. The van der Waals surface area contributed by atoms with Crippen molar-refractivity contribution in [2.45, 2.75) is 65.0 Å². The van der Waals surface area contributed by atoms with E-state index in [-0.39, 0.29) is 5.41 Å². The highest BCUT2D eigenvalue weighted by molar-refractivity contribution is 5.80. The number of guanidine groups is 1. The summed E-state index contributed by atoms with van der Waals surface area (Å²) in [4.78, 5) is 9.50. The Morgan fingerprint density at radius 1 is 1.34 bits per heavy atom. The molecule has 1 aliphatic rings. The van der Waals surface area contributed by atoms with E-state index in [1.165, 1.54) is 5.56 Å². The van der Waals surface area contributed by atoms with Gasteiger partial charge in [0.25, 0.3) is 0 Å². The first-order valence-corrected chi connectivity index (χ1v) is 10.6. The van der Waals surface area contributed by atoms with Gasteiger partial charge in [0.2, 0.25) is 0 Å². The smallest absolute Gasteiger partial charge is 0.191 e. The highest BCUT2D eigenvalue weighted by atomic mass is 16.5. The van der Waals surface area contributed by atoms with Crippen molar-refractivity contribution in [1.82, 2.24) is 25.4 Å². The summed E-state index contributed by atoms with van der Waals surface area (Å²) in [6.07, 6.45) is 2.85. The molecule has 1 unspecified atom stereocenters. The van der Waals surface area contributed by atoms with Gasteiger partial charge in [0, 0.05) is 30.8 Å². The van der Waals surface area contributed by atoms with Gasteiger partial charge in [-0.2, -0.15) is 5.10 Å².